The first-order valence-electron chi connectivity index (χ1n) is 16.4. The Hall–Kier alpha value is -3.55. The number of aryl methyl sites for hydroxylation is 1. The molecule has 0 heterocycles. The highest BCUT2D eigenvalue weighted by molar-refractivity contribution is 5.92. The maximum atomic E-state index is 11.3. The summed E-state index contributed by atoms with van der Waals surface area (Å²) in [5, 5.41) is 31.9. The molecule has 6 nitrogen and oxygen atoms in total. The third-order valence-corrected chi connectivity index (χ3v) is 8.68. The van der Waals surface area contributed by atoms with E-state index in [4.69, 9.17) is 4.74 Å². The van der Waals surface area contributed by atoms with E-state index in [2.05, 4.69) is 41.7 Å². The van der Waals surface area contributed by atoms with Crippen LogP contribution in [0.2, 0.25) is 0 Å². The van der Waals surface area contributed by atoms with Crippen molar-refractivity contribution < 1.29 is 24.9 Å². The number of carbonyl (C=O) groups is 1. The first-order valence-corrected chi connectivity index (χ1v) is 16.4. The molecule has 0 radical (unpaired) electrons. The van der Waals surface area contributed by atoms with E-state index in [1.54, 1.807) is 0 Å². The summed E-state index contributed by atoms with van der Waals surface area (Å²) >= 11 is 0. The molecule has 0 saturated heterocycles. The molecule has 6 heteroatoms. The summed E-state index contributed by atoms with van der Waals surface area (Å²) in [5.41, 5.74) is 6.03. The van der Waals surface area contributed by atoms with Gasteiger partial charge in [0.05, 0.1) is 13.2 Å². The number of nitrogens with one attached hydrogen (secondary N) is 1. The molecular weight excluding hydrogens is 562 g/mol. The summed E-state index contributed by atoms with van der Waals surface area (Å²) < 4.78 is 5.75. The summed E-state index contributed by atoms with van der Waals surface area (Å²) in [4.78, 5) is 11.3. The molecule has 1 unspecified atom stereocenters. The van der Waals surface area contributed by atoms with Crippen molar-refractivity contribution in [2.75, 3.05) is 39.5 Å². The van der Waals surface area contributed by atoms with E-state index >= 15 is 0 Å². The number of fused-ring (bicyclic) bond motifs is 3. The normalized spacial score (nSPS) is 16.8. The minimum atomic E-state index is -0.780. The molecule has 1 atom stereocenters. The van der Waals surface area contributed by atoms with Crippen LogP contribution in [0, 0.1) is 5.41 Å². The van der Waals surface area contributed by atoms with E-state index in [1.807, 2.05) is 60.7 Å². The number of carboxylic acid groups (broad SMARTS) is 1. The van der Waals surface area contributed by atoms with Crippen molar-refractivity contribution in [3.8, 4) is 11.1 Å². The van der Waals surface area contributed by atoms with E-state index in [0.717, 1.165) is 86.2 Å². The van der Waals surface area contributed by atoms with Gasteiger partial charge < -0.3 is 25.4 Å². The van der Waals surface area contributed by atoms with Gasteiger partial charge in [-0.3, -0.25) is 4.79 Å². The largest absolute Gasteiger partial charge is 0.481 e. The zero-order valence-electron chi connectivity index (χ0n) is 26.4. The molecule has 0 spiro atoms. The number of allylic oxidation sites excluding steroid dienone is 2. The van der Waals surface area contributed by atoms with Crippen LogP contribution < -0.4 is 5.32 Å². The summed E-state index contributed by atoms with van der Waals surface area (Å²) in [6, 6.07) is 26.1. The van der Waals surface area contributed by atoms with Crippen LogP contribution in [0.5, 0.6) is 0 Å². The van der Waals surface area contributed by atoms with Crippen LogP contribution in [0.4, 0.5) is 0 Å². The Morgan fingerprint density at radius 2 is 1.42 bits per heavy atom. The van der Waals surface area contributed by atoms with Gasteiger partial charge in [-0.15, -0.1) is 0 Å². The van der Waals surface area contributed by atoms with Crippen LogP contribution in [0.15, 0.2) is 103 Å². The summed E-state index contributed by atoms with van der Waals surface area (Å²) in [5.74, 6) is -1.29. The monoisotopic (exact) mass is 611 g/mol. The molecule has 3 aromatic rings. The van der Waals surface area contributed by atoms with Crippen molar-refractivity contribution in [3.05, 3.63) is 119 Å². The minimum absolute atomic E-state index is 0.0706. The number of hydrogen-bond acceptors (Lipinski definition) is 5. The van der Waals surface area contributed by atoms with Gasteiger partial charge in [0.25, 0.3) is 0 Å². The fourth-order valence-electron chi connectivity index (χ4n) is 6.20. The number of hydrogen-bond donors (Lipinski definition) is 4. The topological polar surface area (TPSA) is 99.0 Å². The molecule has 2 aliphatic rings. The zero-order valence-corrected chi connectivity index (χ0v) is 26.4. The Balaban J connectivity index is 0.000000240. The highest BCUT2D eigenvalue weighted by Gasteiger charge is 2.33. The first-order chi connectivity index (χ1) is 22.1. The van der Waals surface area contributed by atoms with Crippen LogP contribution in [0.1, 0.15) is 67.6 Å². The molecule has 45 heavy (non-hydrogen) atoms. The van der Waals surface area contributed by atoms with Gasteiger partial charge in [-0.1, -0.05) is 110 Å². The highest BCUT2D eigenvalue weighted by atomic mass is 16.5. The van der Waals surface area contributed by atoms with Gasteiger partial charge in [0, 0.05) is 25.2 Å². The van der Waals surface area contributed by atoms with Crippen molar-refractivity contribution >= 4 is 5.97 Å². The van der Waals surface area contributed by atoms with E-state index in [0.29, 0.717) is 0 Å². The average molecular weight is 612 g/mol. The smallest absolute Gasteiger partial charge is 0.315 e. The van der Waals surface area contributed by atoms with Gasteiger partial charge in [0.1, 0.15) is 5.92 Å². The molecule has 0 saturated carbocycles. The molecule has 0 bridgehead atoms. The number of ether oxygens (including phenoxy) is 1. The number of unbranched alkanes of at least 4 members (excludes halogenated alkanes) is 4. The maximum Gasteiger partial charge on any atom is 0.315 e. The fraction of sp³-hybridized carbons (Fsp3) is 0.410. The van der Waals surface area contributed by atoms with Crippen molar-refractivity contribution in [2.45, 2.75) is 57.3 Å². The molecule has 0 fully saturated rings. The molecule has 0 aliphatic heterocycles. The lowest BCUT2D eigenvalue weighted by Gasteiger charge is -2.32. The lowest BCUT2D eigenvalue weighted by atomic mass is 9.79. The molecule has 4 N–H and O–H groups in total. The molecule has 240 valence electrons. The second-order valence-corrected chi connectivity index (χ2v) is 12.1. The Bertz CT molecular complexity index is 1340. The highest BCUT2D eigenvalue weighted by Crippen LogP contribution is 2.44. The lowest BCUT2D eigenvalue weighted by molar-refractivity contribution is -0.137. The lowest BCUT2D eigenvalue weighted by Crippen LogP contribution is -2.37. The van der Waals surface area contributed by atoms with Gasteiger partial charge in [-0.2, -0.15) is 0 Å². The molecule has 3 aromatic carbocycles. The van der Waals surface area contributed by atoms with Gasteiger partial charge >= 0.3 is 5.97 Å². The van der Waals surface area contributed by atoms with E-state index < -0.39 is 11.9 Å². The first kappa shape index (κ1) is 34.3. The number of rotatable bonds is 17. The van der Waals surface area contributed by atoms with Gasteiger partial charge in [-0.05, 0) is 78.5 Å². The van der Waals surface area contributed by atoms with Crippen LogP contribution >= 0.6 is 0 Å². The predicted octanol–water partition coefficient (Wildman–Crippen LogP) is 6.92. The minimum Gasteiger partial charge on any atom is -0.481 e. The Morgan fingerprint density at radius 1 is 0.800 bits per heavy atom. The van der Waals surface area contributed by atoms with Crippen molar-refractivity contribution in [2.24, 2.45) is 5.41 Å². The third-order valence-electron chi connectivity index (χ3n) is 8.68. The zero-order chi connectivity index (χ0) is 31.7. The second kappa shape index (κ2) is 18.4. The average Bonchev–Trinajstić information content (AvgIpc) is 3.42. The molecule has 0 amide bonds. The molecule has 0 aromatic heterocycles. The van der Waals surface area contributed by atoms with Crippen LogP contribution in [-0.2, 0) is 16.0 Å². The maximum absolute atomic E-state index is 11.3. The van der Waals surface area contributed by atoms with Crippen LogP contribution in [0.25, 0.3) is 11.1 Å². The Morgan fingerprint density at radius 3 is 2.07 bits per heavy atom. The Labute approximate surface area is 268 Å². The van der Waals surface area contributed by atoms with Crippen molar-refractivity contribution in [3.63, 3.8) is 0 Å². The number of aliphatic hydroxyl groups excluding tert-OH is 2. The number of aliphatic hydroxyl groups is 2. The fourth-order valence-corrected chi connectivity index (χ4v) is 6.20. The van der Waals surface area contributed by atoms with E-state index in [-0.39, 0.29) is 18.6 Å². The predicted molar refractivity (Wildman–Crippen MR) is 181 cm³/mol. The quantitative estimate of drug-likeness (QED) is 0.124. The molecule has 2 aliphatic carbocycles. The number of carboxylic acids is 1. The van der Waals surface area contributed by atoms with Crippen molar-refractivity contribution in [1.82, 2.24) is 5.32 Å². The van der Waals surface area contributed by atoms with E-state index in [1.165, 1.54) is 24.8 Å². The van der Waals surface area contributed by atoms with Crippen molar-refractivity contribution in [1.29, 1.82) is 0 Å². The SMILES string of the molecule is O=C(O)C1c2ccccc2-c2ccccc21.OCC1=CC=CC(CO)(CNCCCCCCOCCCCc2ccccc2)C1. The summed E-state index contributed by atoms with van der Waals surface area (Å²) in [7, 11) is 0. The summed E-state index contributed by atoms with van der Waals surface area (Å²) in [6.45, 7) is 3.64. The third kappa shape index (κ3) is 10.2. The number of aliphatic carboxylic acids is 1. The van der Waals surface area contributed by atoms with Gasteiger partial charge in [-0.25, -0.2) is 0 Å². The van der Waals surface area contributed by atoms with Crippen LogP contribution in [-0.4, -0.2) is 60.8 Å². The van der Waals surface area contributed by atoms with Gasteiger partial charge in [0.15, 0.2) is 0 Å². The Kier molecular flexibility index (Phi) is 14.1. The second-order valence-electron chi connectivity index (χ2n) is 12.1. The van der Waals surface area contributed by atoms with Crippen LogP contribution in [0.3, 0.4) is 0 Å². The number of benzene rings is 3. The molecule has 5 rings (SSSR count). The van der Waals surface area contributed by atoms with E-state index in [9.17, 15) is 20.1 Å². The summed E-state index contributed by atoms with van der Waals surface area (Å²) in [6.07, 6.45) is 14.8. The molecular formula is C39H49NO5. The van der Waals surface area contributed by atoms with Gasteiger partial charge in [0.2, 0.25) is 0 Å². The standard InChI is InChI=1S/C25H39NO3.C14H10O2/c27-20-24-14-10-15-25(19-24,22-28)21-26-16-7-1-2-8-17-29-18-9-6-13-23-11-4-3-5-12-23;15-14(16)13-11-7-3-1-5-9(11)10-6-2-4-8-12(10)13/h3-5,10-12,14-15,26-28H,1-2,6-9,13,16-22H2;1-8,13H,(H,15,16).